The van der Waals surface area contributed by atoms with E-state index in [0.29, 0.717) is 11.3 Å². The van der Waals surface area contributed by atoms with E-state index in [2.05, 4.69) is 68.0 Å². The number of imidazole rings is 1. The largest absolute Gasteiger partial charge is 0.378 e. The summed E-state index contributed by atoms with van der Waals surface area (Å²) in [6.45, 7) is 11.4. The van der Waals surface area contributed by atoms with Crippen LogP contribution in [0.5, 0.6) is 0 Å². The Hall–Kier alpha value is -3.46. The first kappa shape index (κ1) is 20.4. The van der Waals surface area contributed by atoms with Crippen LogP contribution in [0.1, 0.15) is 31.3 Å². The molecule has 1 aliphatic rings. The van der Waals surface area contributed by atoms with Gasteiger partial charge in [0.05, 0.1) is 24.5 Å². The van der Waals surface area contributed by atoms with Gasteiger partial charge in [-0.2, -0.15) is 0 Å². The third-order valence-corrected chi connectivity index (χ3v) is 5.76. The minimum absolute atomic E-state index is 0.152. The van der Waals surface area contributed by atoms with Crippen molar-refractivity contribution < 1.29 is 9.26 Å². The summed E-state index contributed by atoms with van der Waals surface area (Å²) in [7, 11) is 0. The molecule has 32 heavy (non-hydrogen) atoms. The van der Waals surface area contributed by atoms with Gasteiger partial charge >= 0.3 is 0 Å². The second kappa shape index (κ2) is 8.23. The fourth-order valence-corrected chi connectivity index (χ4v) is 4.18. The molecule has 4 heterocycles. The lowest BCUT2D eigenvalue weighted by Crippen LogP contribution is -2.36. The highest BCUT2D eigenvalue weighted by molar-refractivity contribution is 5.88. The Morgan fingerprint density at radius 3 is 2.44 bits per heavy atom. The molecular weight excluding hydrogens is 406 g/mol. The molecular formula is C23H27N7O2. The minimum Gasteiger partial charge on any atom is -0.378 e. The number of ether oxygens (including phenoxy) is 1. The van der Waals surface area contributed by atoms with E-state index in [-0.39, 0.29) is 6.04 Å². The molecule has 1 aliphatic heterocycles. The summed E-state index contributed by atoms with van der Waals surface area (Å²) < 4.78 is 13.0. The van der Waals surface area contributed by atoms with Gasteiger partial charge in [0, 0.05) is 30.5 Å². The van der Waals surface area contributed by atoms with Crippen LogP contribution in [-0.4, -0.2) is 51.0 Å². The fourth-order valence-electron chi connectivity index (χ4n) is 4.18. The molecule has 1 N–H and O–H groups in total. The standard InChI is InChI=1S/C23H27N7O2/c1-14(2)30-22(19-15(3)28-32-16(19)4)27-20-21(24-13-25-23(20)30)26-17-5-7-18(8-6-17)29-9-11-31-12-10-29/h5-8,13-14H,9-12H2,1-4H3,(H,24,25,26). The van der Waals surface area contributed by atoms with Gasteiger partial charge in [0.1, 0.15) is 17.9 Å². The van der Waals surface area contributed by atoms with Gasteiger partial charge in [-0.05, 0) is 52.0 Å². The van der Waals surface area contributed by atoms with Crippen LogP contribution in [0, 0.1) is 13.8 Å². The molecule has 0 atom stereocenters. The third-order valence-electron chi connectivity index (χ3n) is 5.76. The highest BCUT2D eigenvalue weighted by Crippen LogP contribution is 2.34. The SMILES string of the molecule is Cc1noc(C)c1-c1nc2c(Nc3ccc(N4CCOCC4)cc3)ncnc2n1C(C)C. The van der Waals surface area contributed by atoms with Gasteiger partial charge in [-0.15, -0.1) is 0 Å². The van der Waals surface area contributed by atoms with Crippen LogP contribution < -0.4 is 10.2 Å². The number of nitrogens with one attached hydrogen (secondary N) is 1. The molecule has 1 aromatic carbocycles. The molecule has 9 nitrogen and oxygen atoms in total. The lowest BCUT2D eigenvalue weighted by molar-refractivity contribution is 0.122. The second-order valence-electron chi connectivity index (χ2n) is 8.26. The van der Waals surface area contributed by atoms with Crippen molar-refractivity contribution in [1.82, 2.24) is 24.7 Å². The molecule has 9 heteroatoms. The molecule has 5 rings (SSSR count). The maximum atomic E-state index is 5.45. The molecule has 0 unspecified atom stereocenters. The van der Waals surface area contributed by atoms with Crippen LogP contribution >= 0.6 is 0 Å². The minimum atomic E-state index is 0.152. The number of rotatable bonds is 5. The Labute approximate surface area is 186 Å². The zero-order chi connectivity index (χ0) is 22.2. The molecule has 4 aromatic rings. The number of anilines is 3. The molecule has 0 aliphatic carbocycles. The van der Waals surface area contributed by atoms with Crippen molar-refractivity contribution in [3.05, 3.63) is 42.0 Å². The fraction of sp³-hybridized carbons (Fsp3) is 0.391. The lowest BCUT2D eigenvalue weighted by atomic mass is 10.2. The number of benzene rings is 1. The first-order valence-electron chi connectivity index (χ1n) is 10.9. The second-order valence-corrected chi connectivity index (χ2v) is 8.26. The van der Waals surface area contributed by atoms with E-state index in [1.54, 1.807) is 6.33 Å². The van der Waals surface area contributed by atoms with E-state index >= 15 is 0 Å². The first-order chi connectivity index (χ1) is 15.5. The molecule has 166 valence electrons. The summed E-state index contributed by atoms with van der Waals surface area (Å²) in [4.78, 5) is 16.3. The number of nitrogens with zero attached hydrogens (tertiary/aromatic N) is 6. The first-order valence-corrected chi connectivity index (χ1v) is 10.9. The van der Waals surface area contributed by atoms with E-state index in [1.807, 2.05) is 13.8 Å². The van der Waals surface area contributed by atoms with E-state index in [1.165, 1.54) is 5.69 Å². The van der Waals surface area contributed by atoms with Gasteiger partial charge in [0.25, 0.3) is 0 Å². The van der Waals surface area contributed by atoms with Gasteiger partial charge in [-0.25, -0.2) is 15.0 Å². The lowest BCUT2D eigenvalue weighted by Gasteiger charge is -2.28. The van der Waals surface area contributed by atoms with E-state index in [9.17, 15) is 0 Å². The maximum Gasteiger partial charge on any atom is 0.166 e. The zero-order valence-corrected chi connectivity index (χ0v) is 18.8. The predicted octanol–water partition coefficient (Wildman–Crippen LogP) is 4.26. The van der Waals surface area contributed by atoms with Crippen LogP contribution in [-0.2, 0) is 4.74 Å². The van der Waals surface area contributed by atoms with Crippen LogP contribution in [0.25, 0.3) is 22.6 Å². The third kappa shape index (κ3) is 3.58. The smallest absolute Gasteiger partial charge is 0.166 e. The van der Waals surface area contributed by atoms with Crippen LogP contribution in [0.2, 0.25) is 0 Å². The van der Waals surface area contributed by atoms with Gasteiger partial charge in [-0.1, -0.05) is 5.16 Å². The Morgan fingerprint density at radius 1 is 1.03 bits per heavy atom. The summed E-state index contributed by atoms with van der Waals surface area (Å²) >= 11 is 0. The van der Waals surface area contributed by atoms with E-state index in [4.69, 9.17) is 14.2 Å². The van der Waals surface area contributed by atoms with Gasteiger partial charge in [-0.3, -0.25) is 0 Å². The summed E-state index contributed by atoms with van der Waals surface area (Å²) in [5, 5.41) is 7.53. The zero-order valence-electron chi connectivity index (χ0n) is 18.8. The maximum absolute atomic E-state index is 5.45. The summed E-state index contributed by atoms with van der Waals surface area (Å²) in [6, 6.07) is 8.52. The quantitative estimate of drug-likeness (QED) is 0.499. The molecule has 0 amide bonds. The van der Waals surface area contributed by atoms with Crippen molar-refractivity contribution in [3.8, 4) is 11.4 Å². The summed E-state index contributed by atoms with van der Waals surface area (Å²) in [5.74, 6) is 2.19. The van der Waals surface area contributed by atoms with Crippen LogP contribution in [0.3, 0.4) is 0 Å². The number of aryl methyl sites for hydroxylation is 2. The predicted molar refractivity (Wildman–Crippen MR) is 123 cm³/mol. The number of hydrogen-bond donors (Lipinski definition) is 1. The highest BCUT2D eigenvalue weighted by atomic mass is 16.5. The Balaban J connectivity index is 1.52. The Bertz CT molecular complexity index is 1220. The average molecular weight is 434 g/mol. The van der Waals surface area contributed by atoms with Crippen LogP contribution in [0.4, 0.5) is 17.2 Å². The van der Waals surface area contributed by atoms with Gasteiger partial charge in [0.15, 0.2) is 17.0 Å². The van der Waals surface area contributed by atoms with Crippen molar-refractivity contribution in [2.45, 2.75) is 33.7 Å². The van der Waals surface area contributed by atoms with Crippen molar-refractivity contribution in [2.75, 3.05) is 36.5 Å². The topological polar surface area (TPSA) is 94.1 Å². The monoisotopic (exact) mass is 433 g/mol. The molecule has 1 saturated heterocycles. The summed E-state index contributed by atoms with van der Waals surface area (Å²) in [6.07, 6.45) is 1.57. The number of aromatic nitrogens is 5. The average Bonchev–Trinajstić information content (AvgIpc) is 3.34. The Kier molecular flexibility index (Phi) is 5.26. The molecule has 0 spiro atoms. The molecule has 0 saturated carbocycles. The normalized spacial score (nSPS) is 14.5. The van der Waals surface area contributed by atoms with Gasteiger partial charge in [0.2, 0.25) is 0 Å². The number of morpholine rings is 1. The van der Waals surface area contributed by atoms with Gasteiger partial charge < -0.3 is 24.0 Å². The number of hydrogen-bond acceptors (Lipinski definition) is 8. The molecule has 0 radical (unpaired) electrons. The summed E-state index contributed by atoms with van der Waals surface area (Å²) in [5.41, 5.74) is 5.33. The van der Waals surface area contributed by atoms with Crippen molar-refractivity contribution in [1.29, 1.82) is 0 Å². The van der Waals surface area contributed by atoms with E-state index in [0.717, 1.165) is 60.5 Å². The molecule has 0 bridgehead atoms. The van der Waals surface area contributed by atoms with Crippen molar-refractivity contribution >= 4 is 28.4 Å². The van der Waals surface area contributed by atoms with E-state index < -0.39 is 0 Å². The molecule has 1 fully saturated rings. The number of fused-ring (bicyclic) bond motifs is 1. The molecule has 3 aromatic heterocycles. The van der Waals surface area contributed by atoms with Crippen molar-refractivity contribution in [2.24, 2.45) is 0 Å². The Morgan fingerprint density at radius 2 is 1.78 bits per heavy atom. The van der Waals surface area contributed by atoms with Crippen LogP contribution in [0.15, 0.2) is 35.1 Å². The highest BCUT2D eigenvalue weighted by Gasteiger charge is 2.24. The van der Waals surface area contributed by atoms with Crippen molar-refractivity contribution in [3.63, 3.8) is 0 Å².